The fourth-order valence-corrected chi connectivity index (χ4v) is 2.47. The van der Waals surface area contributed by atoms with Crippen LogP contribution >= 0.6 is 11.6 Å². The second-order valence-corrected chi connectivity index (χ2v) is 5.11. The topological polar surface area (TPSA) is 30.5 Å². The standard InChI is InChI=1S/C17H20ClNO2/c1-4-14(12-8-6-5-7-9-12)19-15-11-17(21-3)16(20-2)10-13(15)18/h5-11,14,19H,4H2,1-3H3. The maximum absolute atomic E-state index is 6.33. The van der Waals surface area contributed by atoms with E-state index in [9.17, 15) is 0 Å². The van der Waals surface area contributed by atoms with E-state index in [2.05, 4.69) is 24.4 Å². The molecular formula is C17H20ClNO2. The highest BCUT2D eigenvalue weighted by molar-refractivity contribution is 6.33. The molecule has 0 saturated carbocycles. The van der Waals surface area contributed by atoms with E-state index in [1.807, 2.05) is 24.3 Å². The molecule has 21 heavy (non-hydrogen) atoms. The molecule has 0 spiro atoms. The molecule has 2 aromatic carbocycles. The molecular weight excluding hydrogens is 286 g/mol. The lowest BCUT2D eigenvalue weighted by Gasteiger charge is -2.21. The molecule has 1 unspecified atom stereocenters. The van der Waals surface area contributed by atoms with Crippen molar-refractivity contribution >= 4 is 17.3 Å². The number of anilines is 1. The molecule has 0 aliphatic carbocycles. The van der Waals surface area contributed by atoms with Gasteiger partial charge in [0, 0.05) is 12.1 Å². The van der Waals surface area contributed by atoms with Crippen LogP contribution in [0.3, 0.4) is 0 Å². The minimum absolute atomic E-state index is 0.196. The minimum atomic E-state index is 0.196. The SMILES string of the molecule is CCC(Nc1cc(OC)c(OC)cc1Cl)c1ccccc1. The average Bonchev–Trinajstić information content (AvgIpc) is 2.54. The van der Waals surface area contributed by atoms with Crippen molar-refractivity contribution in [1.82, 2.24) is 0 Å². The van der Waals surface area contributed by atoms with Crippen molar-refractivity contribution < 1.29 is 9.47 Å². The van der Waals surface area contributed by atoms with Crippen LogP contribution in [-0.2, 0) is 0 Å². The maximum atomic E-state index is 6.33. The Morgan fingerprint density at radius 2 is 1.67 bits per heavy atom. The number of ether oxygens (including phenoxy) is 2. The monoisotopic (exact) mass is 305 g/mol. The average molecular weight is 306 g/mol. The summed E-state index contributed by atoms with van der Waals surface area (Å²) in [6.45, 7) is 2.14. The van der Waals surface area contributed by atoms with Crippen LogP contribution in [0.4, 0.5) is 5.69 Å². The highest BCUT2D eigenvalue weighted by Gasteiger charge is 2.14. The zero-order valence-corrected chi connectivity index (χ0v) is 13.3. The highest BCUT2D eigenvalue weighted by Crippen LogP contribution is 2.37. The minimum Gasteiger partial charge on any atom is -0.493 e. The van der Waals surface area contributed by atoms with Crippen LogP contribution in [-0.4, -0.2) is 14.2 Å². The fraction of sp³-hybridized carbons (Fsp3) is 0.294. The molecule has 1 atom stereocenters. The number of nitrogens with one attached hydrogen (secondary N) is 1. The fourth-order valence-electron chi connectivity index (χ4n) is 2.26. The van der Waals surface area contributed by atoms with E-state index in [0.717, 1.165) is 12.1 Å². The van der Waals surface area contributed by atoms with E-state index in [0.29, 0.717) is 16.5 Å². The first-order chi connectivity index (χ1) is 10.2. The summed E-state index contributed by atoms with van der Waals surface area (Å²) in [7, 11) is 3.21. The van der Waals surface area contributed by atoms with Gasteiger partial charge in [0.25, 0.3) is 0 Å². The molecule has 0 fully saturated rings. The maximum Gasteiger partial charge on any atom is 0.162 e. The van der Waals surface area contributed by atoms with E-state index in [1.54, 1.807) is 20.3 Å². The molecule has 112 valence electrons. The van der Waals surface area contributed by atoms with Crippen molar-refractivity contribution in [3.63, 3.8) is 0 Å². The van der Waals surface area contributed by atoms with Crippen molar-refractivity contribution in [2.75, 3.05) is 19.5 Å². The van der Waals surface area contributed by atoms with E-state index in [-0.39, 0.29) is 6.04 Å². The number of hydrogen-bond donors (Lipinski definition) is 1. The Morgan fingerprint density at radius 1 is 1.05 bits per heavy atom. The zero-order chi connectivity index (χ0) is 15.2. The van der Waals surface area contributed by atoms with Crippen molar-refractivity contribution in [2.24, 2.45) is 0 Å². The van der Waals surface area contributed by atoms with Gasteiger partial charge < -0.3 is 14.8 Å². The number of methoxy groups -OCH3 is 2. The molecule has 4 heteroatoms. The molecule has 1 N–H and O–H groups in total. The molecule has 3 nitrogen and oxygen atoms in total. The van der Waals surface area contributed by atoms with E-state index in [4.69, 9.17) is 21.1 Å². The van der Waals surface area contributed by atoms with Crippen LogP contribution in [0.25, 0.3) is 0 Å². The van der Waals surface area contributed by atoms with Gasteiger partial charge in [-0.1, -0.05) is 48.9 Å². The van der Waals surface area contributed by atoms with E-state index in [1.165, 1.54) is 5.56 Å². The molecule has 0 aromatic heterocycles. The molecule has 2 rings (SSSR count). The van der Waals surface area contributed by atoms with Gasteiger partial charge in [-0.2, -0.15) is 0 Å². The predicted molar refractivity (Wildman–Crippen MR) is 87.7 cm³/mol. The number of benzene rings is 2. The van der Waals surface area contributed by atoms with Gasteiger partial charge >= 0.3 is 0 Å². The third kappa shape index (κ3) is 3.61. The highest BCUT2D eigenvalue weighted by atomic mass is 35.5. The van der Waals surface area contributed by atoms with Gasteiger partial charge in [-0.05, 0) is 12.0 Å². The summed E-state index contributed by atoms with van der Waals surface area (Å²) < 4.78 is 10.6. The molecule has 2 aromatic rings. The van der Waals surface area contributed by atoms with E-state index < -0.39 is 0 Å². The zero-order valence-electron chi connectivity index (χ0n) is 12.5. The van der Waals surface area contributed by atoms with Crippen molar-refractivity contribution in [2.45, 2.75) is 19.4 Å². The summed E-state index contributed by atoms with van der Waals surface area (Å²) in [6.07, 6.45) is 0.953. The van der Waals surface area contributed by atoms with Crippen molar-refractivity contribution in [3.8, 4) is 11.5 Å². The first-order valence-electron chi connectivity index (χ1n) is 6.92. The van der Waals surface area contributed by atoms with Gasteiger partial charge in [-0.3, -0.25) is 0 Å². The largest absolute Gasteiger partial charge is 0.493 e. The molecule has 0 bridgehead atoms. The predicted octanol–water partition coefficient (Wildman–Crippen LogP) is 4.92. The van der Waals surface area contributed by atoms with Crippen molar-refractivity contribution in [1.29, 1.82) is 0 Å². The van der Waals surface area contributed by atoms with Gasteiger partial charge in [-0.15, -0.1) is 0 Å². The molecule has 0 saturated heterocycles. The van der Waals surface area contributed by atoms with Crippen LogP contribution in [0.2, 0.25) is 5.02 Å². The molecule has 0 radical (unpaired) electrons. The quantitative estimate of drug-likeness (QED) is 0.821. The smallest absolute Gasteiger partial charge is 0.162 e. The molecule has 0 amide bonds. The van der Waals surface area contributed by atoms with Gasteiger partial charge in [0.1, 0.15) is 0 Å². The molecule has 0 heterocycles. The second-order valence-electron chi connectivity index (χ2n) is 4.70. The first-order valence-corrected chi connectivity index (χ1v) is 7.30. The summed E-state index contributed by atoms with van der Waals surface area (Å²) >= 11 is 6.33. The molecule has 0 aliphatic heterocycles. The lowest BCUT2D eigenvalue weighted by Crippen LogP contribution is -2.10. The summed E-state index contributed by atoms with van der Waals surface area (Å²) in [5.41, 5.74) is 2.07. The van der Waals surface area contributed by atoms with Gasteiger partial charge in [0.05, 0.1) is 31.0 Å². The van der Waals surface area contributed by atoms with Crippen LogP contribution in [0, 0.1) is 0 Å². The Hall–Kier alpha value is -1.87. The lowest BCUT2D eigenvalue weighted by atomic mass is 10.0. The van der Waals surface area contributed by atoms with Crippen LogP contribution in [0.15, 0.2) is 42.5 Å². The number of hydrogen-bond acceptors (Lipinski definition) is 3. The Labute approximate surface area is 130 Å². The summed E-state index contributed by atoms with van der Waals surface area (Å²) in [5.74, 6) is 1.29. The van der Waals surface area contributed by atoms with Crippen LogP contribution in [0.5, 0.6) is 11.5 Å². The normalized spacial score (nSPS) is 11.8. The first kappa shape index (κ1) is 15.5. The third-order valence-corrected chi connectivity index (χ3v) is 3.73. The van der Waals surface area contributed by atoms with Crippen molar-refractivity contribution in [3.05, 3.63) is 53.1 Å². The van der Waals surface area contributed by atoms with Crippen LogP contribution in [0.1, 0.15) is 24.9 Å². The Kier molecular flexibility index (Phi) is 5.34. The van der Waals surface area contributed by atoms with Gasteiger partial charge in [0.15, 0.2) is 11.5 Å². The number of halogens is 1. The summed E-state index contributed by atoms with van der Waals surface area (Å²) in [4.78, 5) is 0. The Morgan fingerprint density at radius 3 is 2.24 bits per heavy atom. The van der Waals surface area contributed by atoms with Crippen LogP contribution < -0.4 is 14.8 Å². The van der Waals surface area contributed by atoms with Gasteiger partial charge in [-0.25, -0.2) is 0 Å². The summed E-state index contributed by atoms with van der Waals surface area (Å²) in [6, 6.07) is 14.1. The Bertz CT molecular complexity index is 587. The van der Waals surface area contributed by atoms with E-state index >= 15 is 0 Å². The lowest BCUT2D eigenvalue weighted by molar-refractivity contribution is 0.355. The third-order valence-electron chi connectivity index (χ3n) is 3.41. The van der Waals surface area contributed by atoms with Gasteiger partial charge in [0.2, 0.25) is 0 Å². The molecule has 0 aliphatic rings. The Balaban J connectivity index is 2.29. The number of rotatable bonds is 6. The second kappa shape index (κ2) is 7.23. The summed E-state index contributed by atoms with van der Waals surface area (Å²) in [5, 5.41) is 4.08.